The third-order valence-electron chi connectivity index (χ3n) is 0. The Morgan fingerprint density at radius 2 is 0.429 bits per heavy atom. The second kappa shape index (κ2) is 63.7. The predicted octanol–water partition coefficient (Wildman–Crippen LogP) is 0.923. The quantitative estimate of drug-likeness (QED) is 0.572. The zero-order valence-electron chi connectivity index (χ0n) is 3.95. The van der Waals surface area contributed by atoms with Gasteiger partial charge in [0, 0.05) is 58.1 Å². The van der Waals surface area contributed by atoms with Gasteiger partial charge in [-0.1, -0.05) is 0 Å². The summed E-state index contributed by atoms with van der Waals surface area (Å²) < 4.78 is 0. The molecular formula is H4Cl4Li2Pd. The van der Waals surface area contributed by atoms with Crippen molar-refractivity contribution >= 4 is 87.3 Å². The molecule has 0 bridgehead atoms. The largest absolute Gasteiger partial charge is 0.147 e. The van der Waals surface area contributed by atoms with Crippen molar-refractivity contribution in [2.75, 3.05) is 0 Å². The van der Waals surface area contributed by atoms with Crippen molar-refractivity contribution in [3.8, 4) is 0 Å². The van der Waals surface area contributed by atoms with Gasteiger partial charge in [0.05, 0.1) is 0 Å². The van der Waals surface area contributed by atoms with Crippen LogP contribution in [0.25, 0.3) is 0 Å². The Morgan fingerprint density at radius 3 is 0.429 bits per heavy atom. The summed E-state index contributed by atoms with van der Waals surface area (Å²) in [6.07, 6.45) is 0. The maximum Gasteiger partial charge on any atom is 0 e. The van der Waals surface area contributed by atoms with Crippen molar-refractivity contribution in [1.82, 2.24) is 0 Å². The van der Waals surface area contributed by atoms with Crippen LogP contribution < -0.4 is 0 Å². The van der Waals surface area contributed by atoms with Gasteiger partial charge in [0.1, 0.15) is 0 Å². The summed E-state index contributed by atoms with van der Waals surface area (Å²) >= 11 is 0. The van der Waals surface area contributed by atoms with E-state index in [0.29, 0.717) is 0 Å². The van der Waals surface area contributed by atoms with Crippen molar-refractivity contribution in [2.24, 2.45) is 0 Å². The molecule has 7 heavy (non-hydrogen) atoms. The Morgan fingerprint density at radius 1 is 0.429 bits per heavy atom. The van der Waals surface area contributed by atoms with E-state index < -0.39 is 0 Å². The summed E-state index contributed by atoms with van der Waals surface area (Å²) in [5.41, 5.74) is 0. The van der Waals surface area contributed by atoms with E-state index in [0.717, 1.165) is 0 Å². The molecule has 0 aromatic carbocycles. The van der Waals surface area contributed by atoms with E-state index in [1.807, 2.05) is 0 Å². The Kier molecular flexibility index (Phi) is 814. The van der Waals surface area contributed by atoms with Gasteiger partial charge < -0.3 is 0 Å². The van der Waals surface area contributed by atoms with Gasteiger partial charge in [0.25, 0.3) is 0 Å². The van der Waals surface area contributed by atoms with Crippen LogP contribution in [0, 0.1) is 0 Å². The third-order valence-corrected chi connectivity index (χ3v) is 0. The molecule has 0 saturated heterocycles. The van der Waals surface area contributed by atoms with Crippen LogP contribution in [0.15, 0.2) is 0 Å². The number of rotatable bonds is 0. The standard InChI is InChI=1S/4ClH.2Li.Pd/h4*1H;;;. The van der Waals surface area contributed by atoms with Gasteiger partial charge in [-0.15, -0.1) is 49.6 Å². The van der Waals surface area contributed by atoms with E-state index in [1.54, 1.807) is 0 Å². The molecule has 0 unspecified atom stereocenters. The first kappa shape index (κ1) is 89.5. The minimum absolute atomic E-state index is 0. The third kappa shape index (κ3) is 48.8. The molecular weight excluding hydrogens is 262 g/mol. The summed E-state index contributed by atoms with van der Waals surface area (Å²) in [6, 6.07) is 0. The van der Waals surface area contributed by atoms with Gasteiger partial charge in [-0.2, -0.15) is 0 Å². The van der Waals surface area contributed by atoms with Crippen molar-refractivity contribution in [3.63, 3.8) is 0 Å². The predicted molar refractivity (Wildman–Crippen MR) is 40.5 cm³/mol. The van der Waals surface area contributed by atoms with Crippen LogP contribution in [0.2, 0.25) is 0 Å². The molecule has 7 heteroatoms. The van der Waals surface area contributed by atoms with Crippen LogP contribution in [-0.2, 0) is 20.4 Å². The fourth-order valence-electron chi connectivity index (χ4n) is 0. The van der Waals surface area contributed by atoms with Gasteiger partial charge in [0.15, 0.2) is 0 Å². The van der Waals surface area contributed by atoms with Gasteiger partial charge >= 0.3 is 0 Å². The molecule has 0 N–H and O–H groups in total. The van der Waals surface area contributed by atoms with Crippen LogP contribution >= 0.6 is 49.6 Å². The van der Waals surface area contributed by atoms with Crippen LogP contribution in [0.1, 0.15) is 0 Å². The van der Waals surface area contributed by atoms with Crippen molar-refractivity contribution in [2.45, 2.75) is 0 Å². The zero-order chi connectivity index (χ0) is 0. The molecule has 0 fully saturated rings. The van der Waals surface area contributed by atoms with Crippen molar-refractivity contribution in [3.05, 3.63) is 0 Å². The average Bonchev–Trinajstić information content (AvgIpc) is 0. The first-order valence-electron chi connectivity index (χ1n) is 0. The Labute approximate surface area is 106 Å². The zero-order valence-corrected chi connectivity index (χ0v) is 8.77. The SMILES string of the molecule is Cl.Cl.Cl.Cl.[Li].[Li].[Pd]. The van der Waals surface area contributed by atoms with Gasteiger partial charge in [0.2, 0.25) is 0 Å². The van der Waals surface area contributed by atoms with E-state index in [4.69, 9.17) is 0 Å². The fraction of sp³-hybridized carbons (Fsp3) is 0. The summed E-state index contributed by atoms with van der Waals surface area (Å²) in [5.74, 6) is 0. The molecule has 0 saturated carbocycles. The van der Waals surface area contributed by atoms with Gasteiger partial charge in [-0.05, 0) is 0 Å². The summed E-state index contributed by atoms with van der Waals surface area (Å²) in [4.78, 5) is 0. The Bertz CT molecular complexity index is 9.65. The fourth-order valence-corrected chi connectivity index (χ4v) is 0. The van der Waals surface area contributed by atoms with Gasteiger partial charge in [-0.25, -0.2) is 0 Å². The van der Waals surface area contributed by atoms with E-state index in [2.05, 4.69) is 0 Å². The maximum absolute atomic E-state index is 0. The maximum atomic E-state index is 0. The molecule has 0 amide bonds. The van der Waals surface area contributed by atoms with Crippen LogP contribution in [0.4, 0.5) is 0 Å². The normalized spacial score (nSPS) is 0. The summed E-state index contributed by atoms with van der Waals surface area (Å²) in [6.45, 7) is 0. The molecule has 0 aliphatic heterocycles. The second-order valence-electron chi connectivity index (χ2n) is 0. The van der Waals surface area contributed by atoms with E-state index in [1.165, 1.54) is 0 Å². The molecule has 0 rings (SSSR count). The molecule has 0 aromatic heterocycles. The molecule has 0 heterocycles. The smallest absolute Gasteiger partial charge is 0 e. The van der Waals surface area contributed by atoms with Crippen LogP contribution in [-0.4, -0.2) is 37.7 Å². The molecule has 0 nitrogen and oxygen atoms in total. The van der Waals surface area contributed by atoms with Crippen LogP contribution in [0.5, 0.6) is 0 Å². The number of hydrogen-bond donors (Lipinski definition) is 0. The molecule has 0 aliphatic rings. The van der Waals surface area contributed by atoms with Crippen molar-refractivity contribution < 1.29 is 20.4 Å². The molecule has 44 valence electrons. The minimum Gasteiger partial charge on any atom is -0.147 e. The monoisotopic (exact) mass is 264 g/mol. The Hall–Kier alpha value is 3.02. The molecule has 2 radical (unpaired) electrons. The number of halogens is 4. The van der Waals surface area contributed by atoms with Gasteiger partial charge in [-0.3, -0.25) is 0 Å². The first-order valence-corrected chi connectivity index (χ1v) is 0. The van der Waals surface area contributed by atoms with E-state index in [-0.39, 0.29) is 108 Å². The topological polar surface area (TPSA) is 0 Å². The molecule has 0 aliphatic carbocycles. The second-order valence-corrected chi connectivity index (χ2v) is 0. The average molecular weight is 266 g/mol. The van der Waals surface area contributed by atoms with E-state index in [9.17, 15) is 0 Å². The van der Waals surface area contributed by atoms with Crippen molar-refractivity contribution in [1.29, 1.82) is 0 Å². The minimum atomic E-state index is 0. The molecule has 0 atom stereocenters. The van der Waals surface area contributed by atoms with E-state index >= 15 is 0 Å². The summed E-state index contributed by atoms with van der Waals surface area (Å²) in [7, 11) is 0. The Balaban J connectivity index is 0. The van der Waals surface area contributed by atoms with Crippen LogP contribution in [0.3, 0.4) is 0 Å². The molecule has 0 spiro atoms. The first-order chi connectivity index (χ1) is 0. The number of hydrogen-bond acceptors (Lipinski definition) is 0. The molecule has 0 aromatic rings. The summed E-state index contributed by atoms with van der Waals surface area (Å²) in [5, 5.41) is 0.